The van der Waals surface area contributed by atoms with Gasteiger partial charge in [0.2, 0.25) is 11.8 Å². The van der Waals surface area contributed by atoms with Crippen LogP contribution < -0.4 is 10.1 Å². The number of rotatable bonds is 7. The highest BCUT2D eigenvalue weighted by Crippen LogP contribution is 2.26. The molecule has 0 aliphatic rings. The van der Waals surface area contributed by atoms with Crippen LogP contribution in [0.25, 0.3) is 11.5 Å². The molecule has 1 N–H and O–H groups in total. The first-order chi connectivity index (χ1) is 12.7. The van der Waals surface area contributed by atoms with Gasteiger partial charge in [-0.25, -0.2) is 0 Å². The molecule has 134 valence electrons. The highest BCUT2D eigenvalue weighted by atomic mass is 32.2. The summed E-state index contributed by atoms with van der Waals surface area (Å²) < 4.78 is 11.0. The van der Waals surface area contributed by atoms with Crippen LogP contribution in [-0.4, -0.2) is 32.9 Å². The molecule has 0 bridgehead atoms. The van der Waals surface area contributed by atoms with E-state index >= 15 is 0 Å². The van der Waals surface area contributed by atoms with Gasteiger partial charge < -0.3 is 14.5 Å². The summed E-state index contributed by atoms with van der Waals surface area (Å²) in [5.41, 5.74) is 1.44. The number of amides is 1. The monoisotopic (exact) mass is 370 g/mol. The van der Waals surface area contributed by atoms with Crippen molar-refractivity contribution in [2.45, 2.75) is 24.3 Å². The summed E-state index contributed by atoms with van der Waals surface area (Å²) in [6.07, 6.45) is 3.31. The standard InChI is InChI=1S/C18H18N4O3S/c1-3-24-15-8-6-14(7-9-15)20-16(23)12(2)26-18-22-21-17(25-18)13-5-4-10-19-11-13/h4-12H,3H2,1-2H3,(H,20,23)/t12-/m1/s1. The van der Waals surface area contributed by atoms with E-state index in [1.54, 1.807) is 37.5 Å². The molecule has 1 aromatic carbocycles. The van der Waals surface area contributed by atoms with E-state index in [9.17, 15) is 4.79 Å². The maximum atomic E-state index is 12.3. The molecule has 26 heavy (non-hydrogen) atoms. The van der Waals surface area contributed by atoms with Gasteiger partial charge in [-0.3, -0.25) is 9.78 Å². The van der Waals surface area contributed by atoms with Crippen LogP contribution >= 0.6 is 11.8 Å². The van der Waals surface area contributed by atoms with E-state index in [0.717, 1.165) is 11.3 Å². The summed E-state index contributed by atoms with van der Waals surface area (Å²) in [5, 5.41) is 10.7. The van der Waals surface area contributed by atoms with Gasteiger partial charge in [-0.05, 0) is 50.2 Å². The minimum absolute atomic E-state index is 0.153. The lowest BCUT2D eigenvalue weighted by Gasteiger charge is -2.10. The number of anilines is 1. The van der Waals surface area contributed by atoms with E-state index in [1.165, 1.54) is 11.8 Å². The number of benzene rings is 1. The summed E-state index contributed by atoms with van der Waals surface area (Å²) in [6, 6.07) is 10.8. The Labute approximate surface area is 155 Å². The van der Waals surface area contributed by atoms with Crippen LogP contribution in [-0.2, 0) is 4.79 Å². The Morgan fingerprint density at radius 1 is 1.27 bits per heavy atom. The Balaban J connectivity index is 1.58. The molecule has 1 amide bonds. The molecule has 7 nitrogen and oxygen atoms in total. The molecule has 8 heteroatoms. The molecular weight excluding hydrogens is 352 g/mol. The molecular formula is C18H18N4O3S. The van der Waals surface area contributed by atoms with Crippen molar-refractivity contribution >= 4 is 23.4 Å². The fourth-order valence-electron chi connectivity index (χ4n) is 2.11. The van der Waals surface area contributed by atoms with Crippen LogP contribution in [0, 0.1) is 0 Å². The number of hydrogen-bond donors (Lipinski definition) is 1. The van der Waals surface area contributed by atoms with Gasteiger partial charge in [0.25, 0.3) is 5.22 Å². The summed E-state index contributed by atoms with van der Waals surface area (Å²) in [6.45, 7) is 4.30. The Kier molecular flexibility index (Phi) is 5.85. The molecule has 0 saturated heterocycles. The molecule has 0 aliphatic carbocycles. The van der Waals surface area contributed by atoms with Crippen molar-refractivity contribution in [2.75, 3.05) is 11.9 Å². The summed E-state index contributed by atoms with van der Waals surface area (Å²) in [4.78, 5) is 16.4. The molecule has 3 aromatic rings. The van der Waals surface area contributed by atoms with Gasteiger partial charge in [-0.15, -0.1) is 10.2 Å². The van der Waals surface area contributed by atoms with Crippen LogP contribution in [0.3, 0.4) is 0 Å². The molecule has 0 aliphatic heterocycles. The molecule has 1 atom stereocenters. The Hall–Kier alpha value is -2.87. The fourth-order valence-corrected chi connectivity index (χ4v) is 2.80. The smallest absolute Gasteiger partial charge is 0.277 e. The molecule has 0 saturated carbocycles. The number of ether oxygens (including phenoxy) is 1. The van der Waals surface area contributed by atoms with Gasteiger partial charge in [0.1, 0.15) is 5.75 Å². The average Bonchev–Trinajstić information content (AvgIpc) is 3.13. The van der Waals surface area contributed by atoms with E-state index in [4.69, 9.17) is 9.15 Å². The number of pyridine rings is 1. The summed E-state index contributed by atoms with van der Waals surface area (Å²) in [5.74, 6) is 0.988. The summed E-state index contributed by atoms with van der Waals surface area (Å²) in [7, 11) is 0. The van der Waals surface area contributed by atoms with E-state index in [1.807, 2.05) is 25.1 Å². The highest BCUT2D eigenvalue weighted by molar-refractivity contribution is 8.00. The lowest BCUT2D eigenvalue weighted by molar-refractivity contribution is -0.115. The maximum absolute atomic E-state index is 12.3. The van der Waals surface area contributed by atoms with Crippen molar-refractivity contribution in [2.24, 2.45) is 0 Å². The van der Waals surface area contributed by atoms with Crippen molar-refractivity contribution in [3.8, 4) is 17.2 Å². The fraction of sp³-hybridized carbons (Fsp3) is 0.222. The topological polar surface area (TPSA) is 90.1 Å². The first-order valence-electron chi connectivity index (χ1n) is 8.10. The lowest BCUT2D eigenvalue weighted by atomic mass is 10.3. The van der Waals surface area contributed by atoms with Crippen molar-refractivity contribution < 1.29 is 13.9 Å². The van der Waals surface area contributed by atoms with Crippen molar-refractivity contribution in [3.63, 3.8) is 0 Å². The van der Waals surface area contributed by atoms with E-state index in [0.29, 0.717) is 23.4 Å². The molecule has 2 aromatic heterocycles. The van der Waals surface area contributed by atoms with Gasteiger partial charge in [-0.2, -0.15) is 0 Å². The minimum Gasteiger partial charge on any atom is -0.494 e. The van der Waals surface area contributed by atoms with Crippen LogP contribution in [0.15, 0.2) is 58.4 Å². The first kappa shape index (κ1) is 17.9. The van der Waals surface area contributed by atoms with Crippen molar-refractivity contribution in [1.82, 2.24) is 15.2 Å². The molecule has 0 unspecified atom stereocenters. The predicted molar refractivity (Wildman–Crippen MR) is 99.1 cm³/mol. The number of nitrogens with one attached hydrogen (secondary N) is 1. The second-order valence-corrected chi connectivity index (χ2v) is 6.61. The van der Waals surface area contributed by atoms with E-state index < -0.39 is 5.25 Å². The van der Waals surface area contributed by atoms with E-state index in [2.05, 4.69) is 20.5 Å². The Bertz CT molecular complexity index is 852. The second-order valence-electron chi connectivity index (χ2n) is 5.32. The Morgan fingerprint density at radius 2 is 2.08 bits per heavy atom. The quantitative estimate of drug-likeness (QED) is 0.635. The zero-order chi connectivity index (χ0) is 18.4. The number of carbonyl (C=O) groups excluding carboxylic acids is 1. The molecule has 3 rings (SSSR count). The summed E-state index contributed by atoms with van der Waals surface area (Å²) >= 11 is 1.20. The maximum Gasteiger partial charge on any atom is 0.277 e. The molecule has 0 spiro atoms. The third-order valence-electron chi connectivity index (χ3n) is 3.39. The van der Waals surface area contributed by atoms with Gasteiger partial charge >= 0.3 is 0 Å². The number of aromatic nitrogens is 3. The van der Waals surface area contributed by atoms with Crippen LogP contribution in [0.4, 0.5) is 5.69 Å². The third kappa shape index (κ3) is 4.60. The highest BCUT2D eigenvalue weighted by Gasteiger charge is 2.19. The predicted octanol–water partition coefficient (Wildman–Crippen LogP) is 3.65. The average molecular weight is 370 g/mol. The molecule has 2 heterocycles. The van der Waals surface area contributed by atoms with E-state index in [-0.39, 0.29) is 5.91 Å². The third-order valence-corrected chi connectivity index (χ3v) is 4.33. The first-order valence-corrected chi connectivity index (χ1v) is 8.98. The van der Waals surface area contributed by atoms with Crippen LogP contribution in [0.5, 0.6) is 5.75 Å². The number of carbonyl (C=O) groups is 1. The lowest BCUT2D eigenvalue weighted by Crippen LogP contribution is -2.22. The molecule has 0 fully saturated rings. The second kappa shape index (κ2) is 8.48. The zero-order valence-electron chi connectivity index (χ0n) is 14.4. The van der Waals surface area contributed by atoms with Gasteiger partial charge in [0, 0.05) is 18.1 Å². The number of nitrogens with zero attached hydrogens (tertiary/aromatic N) is 3. The van der Waals surface area contributed by atoms with Crippen LogP contribution in [0.1, 0.15) is 13.8 Å². The van der Waals surface area contributed by atoms with Crippen molar-refractivity contribution in [1.29, 1.82) is 0 Å². The van der Waals surface area contributed by atoms with Gasteiger partial charge in [0.05, 0.1) is 17.4 Å². The van der Waals surface area contributed by atoms with Crippen molar-refractivity contribution in [3.05, 3.63) is 48.8 Å². The zero-order valence-corrected chi connectivity index (χ0v) is 15.2. The molecule has 0 radical (unpaired) electrons. The minimum atomic E-state index is -0.399. The normalized spacial score (nSPS) is 11.8. The SMILES string of the molecule is CCOc1ccc(NC(=O)[C@@H](C)Sc2nnc(-c3cccnc3)o2)cc1. The number of thioether (sulfide) groups is 1. The largest absolute Gasteiger partial charge is 0.494 e. The Morgan fingerprint density at radius 3 is 2.77 bits per heavy atom. The van der Waals surface area contributed by atoms with Gasteiger partial charge in [-0.1, -0.05) is 11.8 Å². The van der Waals surface area contributed by atoms with Crippen LogP contribution in [0.2, 0.25) is 0 Å². The number of hydrogen-bond acceptors (Lipinski definition) is 7. The van der Waals surface area contributed by atoms with Gasteiger partial charge in [0.15, 0.2) is 0 Å².